The van der Waals surface area contributed by atoms with Crippen LogP contribution in [0.1, 0.15) is 52.7 Å². The molecule has 2 amide bonds. The highest BCUT2D eigenvalue weighted by molar-refractivity contribution is 5.99. The Labute approximate surface area is 204 Å². The smallest absolute Gasteiger partial charge is 0.407 e. The zero-order chi connectivity index (χ0) is 24.9. The van der Waals surface area contributed by atoms with Gasteiger partial charge in [0, 0.05) is 11.6 Å². The molecule has 1 aliphatic rings. The fourth-order valence-electron chi connectivity index (χ4n) is 4.56. The summed E-state index contributed by atoms with van der Waals surface area (Å²) < 4.78 is 5.58. The minimum absolute atomic E-state index is 0.0759. The second kappa shape index (κ2) is 10.4. The van der Waals surface area contributed by atoms with E-state index < -0.39 is 24.0 Å². The molecule has 0 saturated heterocycles. The van der Waals surface area contributed by atoms with Gasteiger partial charge in [0.1, 0.15) is 12.6 Å². The number of fused-ring (bicyclic) bond motifs is 3. The van der Waals surface area contributed by atoms with Crippen molar-refractivity contribution in [2.75, 3.05) is 11.9 Å². The first-order valence-corrected chi connectivity index (χ1v) is 11.7. The summed E-state index contributed by atoms with van der Waals surface area (Å²) in [4.78, 5) is 37.0. The van der Waals surface area contributed by atoms with Crippen LogP contribution in [0.5, 0.6) is 0 Å². The van der Waals surface area contributed by atoms with Gasteiger partial charge >= 0.3 is 12.1 Å². The third kappa shape index (κ3) is 5.04. The molecular weight excluding hydrogens is 444 g/mol. The fourth-order valence-corrected chi connectivity index (χ4v) is 4.56. The lowest BCUT2D eigenvalue weighted by Crippen LogP contribution is -2.44. The van der Waals surface area contributed by atoms with E-state index in [2.05, 4.69) is 22.8 Å². The van der Waals surface area contributed by atoms with Gasteiger partial charge < -0.3 is 20.5 Å². The highest BCUT2D eigenvalue weighted by atomic mass is 16.5. The van der Waals surface area contributed by atoms with Crippen molar-refractivity contribution in [3.05, 3.63) is 89.0 Å². The summed E-state index contributed by atoms with van der Waals surface area (Å²) >= 11 is 0. The number of aromatic carboxylic acids is 1. The summed E-state index contributed by atoms with van der Waals surface area (Å²) in [6.07, 6.45) is 0.403. The molecule has 4 rings (SSSR count). The van der Waals surface area contributed by atoms with Crippen LogP contribution in [0.15, 0.2) is 66.7 Å². The summed E-state index contributed by atoms with van der Waals surface area (Å²) in [6.45, 7) is 3.70. The molecule has 0 radical (unpaired) electrons. The second-order valence-corrected chi connectivity index (χ2v) is 8.58. The molecule has 1 atom stereocenters. The lowest BCUT2D eigenvalue weighted by Gasteiger charge is -2.20. The van der Waals surface area contributed by atoms with Gasteiger partial charge in [-0.05, 0) is 53.3 Å². The minimum atomic E-state index is -1.07. The minimum Gasteiger partial charge on any atom is -0.478 e. The predicted octanol–water partition coefficient (Wildman–Crippen LogP) is 5.34. The van der Waals surface area contributed by atoms with E-state index in [-0.39, 0.29) is 18.1 Å². The topological polar surface area (TPSA) is 105 Å². The predicted molar refractivity (Wildman–Crippen MR) is 134 cm³/mol. The van der Waals surface area contributed by atoms with Gasteiger partial charge in [0.2, 0.25) is 5.91 Å². The first kappa shape index (κ1) is 24.0. The van der Waals surface area contributed by atoms with E-state index in [1.807, 2.05) is 43.3 Å². The normalized spacial score (nSPS) is 12.9. The van der Waals surface area contributed by atoms with Gasteiger partial charge in [-0.2, -0.15) is 0 Å². The molecule has 7 heteroatoms. The Bertz CT molecular complexity index is 1220. The Morgan fingerprint density at radius 3 is 2.17 bits per heavy atom. The number of carboxylic acid groups (broad SMARTS) is 1. The molecule has 0 saturated carbocycles. The van der Waals surface area contributed by atoms with Crippen molar-refractivity contribution in [1.29, 1.82) is 0 Å². The Hall–Kier alpha value is -4.13. The van der Waals surface area contributed by atoms with Crippen molar-refractivity contribution >= 4 is 23.7 Å². The molecule has 7 nitrogen and oxygen atoms in total. The maximum atomic E-state index is 12.9. The van der Waals surface area contributed by atoms with Crippen LogP contribution in [0, 0.1) is 6.92 Å². The summed E-state index contributed by atoms with van der Waals surface area (Å²) in [5.41, 5.74) is 5.45. The van der Waals surface area contributed by atoms with Crippen LogP contribution in [0.2, 0.25) is 0 Å². The maximum Gasteiger partial charge on any atom is 0.407 e. The zero-order valence-corrected chi connectivity index (χ0v) is 19.7. The van der Waals surface area contributed by atoms with Crippen molar-refractivity contribution in [2.24, 2.45) is 0 Å². The van der Waals surface area contributed by atoms with E-state index in [0.29, 0.717) is 24.1 Å². The average molecular weight is 473 g/mol. The highest BCUT2D eigenvalue weighted by Crippen LogP contribution is 2.44. The number of alkyl carbamates (subject to hydrolysis) is 1. The molecule has 0 fully saturated rings. The Morgan fingerprint density at radius 2 is 1.57 bits per heavy atom. The highest BCUT2D eigenvalue weighted by Gasteiger charge is 2.29. The van der Waals surface area contributed by atoms with E-state index in [0.717, 1.165) is 22.3 Å². The number of hydrogen-bond acceptors (Lipinski definition) is 4. The first-order valence-electron chi connectivity index (χ1n) is 11.7. The van der Waals surface area contributed by atoms with Gasteiger partial charge in [-0.1, -0.05) is 67.9 Å². The van der Waals surface area contributed by atoms with Gasteiger partial charge in [-0.25, -0.2) is 9.59 Å². The van der Waals surface area contributed by atoms with Crippen molar-refractivity contribution in [2.45, 2.75) is 38.6 Å². The molecule has 0 bridgehead atoms. The van der Waals surface area contributed by atoms with E-state index in [9.17, 15) is 19.5 Å². The number of nitrogens with one attached hydrogen (secondary N) is 2. The molecule has 0 spiro atoms. The van der Waals surface area contributed by atoms with Crippen LogP contribution in [-0.4, -0.2) is 35.7 Å². The molecular formula is C28H28N2O5. The number of rotatable bonds is 8. The lowest BCUT2D eigenvalue weighted by molar-refractivity contribution is -0.118. The standard InChI is InChI=1S/C28H28N2O5/c1-3-9-25(26(31)29-24-15-8-14-18(17(24)2)27(32)33)30-28(34)35-16-23-21-12-6-4-10-19(21)20-11-5-7-13-22(20)23/h4-8,10-15,23,25H,3,9,16H2,1-2H3,(H,29,31)(H,30,34)(H,32,33)/t25-/m0/s1. The van der Waals surface area contributed by atoms with Crippen LogP contribution in [-0.2, 0) is 9.53 Å². The largest absolute Gasteiger partial charge is 0.478 e. The molecule has 0 unspecified atom stereocenters. The maximum absolute atomic E-state index is 12.9. The van der Waals surface area contributed by atoms with Crippen LogP contribution in [0.25, 0.3) is 11.1 Å². The molecule has 3 aromatic carbocycles. The molecule has 0 aromatic heterocycles. The number of ether oxygens (including phenoxy) is 1. The molecule has 3 aromatic rings. The Morgan fingerprint density at radius 1 is 0.943 bits per heavy atom. The lowest BCUT2D eigenvalue weighted by atomic mass is 9.98. The van der Waals surface area contributed by atoms with Crippen molar-refractivity contribution in [3.63, 3.8) is 0 Å². The molecule has 1 aliphatic carbocycles. The van der Waals surface area contributed by atoms with Crippen molar-refractivity contribution < 1.29 is 24.2 Å². The van der Waals surface area contributed by atoms with Crippen LogP contribution < -0.4 is 10.6 Å². The van der Waals surface area contributed by atoms with E-state index in [1.165, 1.54) is 6.07 Å². The summed E-state index contributed by atoms with van der Waals surface area (Å²) in [7, 11) is 0. The van der Waals surface area contributed by atoms with Crippen molar-refractivity contribution in [1.82, 2.24) is 5.32 Å². The number of carbonyl (C=O) groups is 3. The van der Waals surface area contributed by atoms with Gasteiger partial charge in [0.15, 0.2) is 0 Å². The Kier molecular flexibility index (Phi) is 7.15. The SMILES string of the molecule is CCC[C@H](NC(=O)OCC1c2ccccc2-c2ccccc21)C(=O)Nc1cccc(C(=O)O)c1C. The second-order valence-electron chi connectivity index (χ2n) is 8.58. The monoisotopic (exact) mass is 472 g/mol. The van der Waals surface area contributed by atoms with Gasteiger partial charge in [0.25, 0.3) is 0 Å². The molecule has 180 valence electrons. The summed E-state index contributed by atoms with van der Waals surface area (Å²) in [5.74, 6) is -1.57. The third-order valence-corrected chi connectivity index (χ3v) is 6.35. The molecule has 0 aliphatic heterocycles. The fraction of sp³-hybridized carbons (Fsp3) is 0.250. The van der Waals surface area contributed by atoms with Crippen LogP contribution >= 0.6 is 0 Å². The summed E-state index contributed by atoms with van der Waals surface area (Å²) in [6, 6.07) is 20.0. The molecule has 3 N–H and O–H groups in total. The van der Waals surface area contributed by atoms with E-state index in [1.54, 1.807) is 19.1 Å². The Balaban J connectivity index is 1.42. The van der Waals surface area contributed by atoms with Gasteiger partial charge in [0.05, 0.1) is 5.56 Å². The van der Waals surface area contributed by atoms with Crippen LogP contribution in [0.3, 0.4) is 0 Å². The van der Waals surface area contributed by atoms with Gasteiger partial charge in [-0.15, -0.1) is 0 Å². The van der Waals surface area contributed by atoms with E-state index in [4.69, 9.17) is 4.74 Å². The number of amides is 2. The number of carboxylic acids is 1. The number of anilines is 1. The van der Waals surface area contributed by atoms with Crippen molar-refractivity contribution in [3.8, 4) is 11.1 Å². The number of carbonyl (C=O) groups excluding carboxylic acids is 2. The summed E-state index contributed by atoms with van der Waals surface area (Å²) in [5, 5.41) is 14.7. The third-order valence-electron chi connectivity index (χ3n) is 6.35. The van der Waals surface area contributed by atoms with Gasteiger partial charge in [-0.3, -0.25) is 4.79 Å². The first-order chi connectivity index (χ1) is 16.9. The zero-order valence-electron chi connectivity index (χ0n) is 19.7. The quantitative estimate of drug-likeness (QED) is 0.411. The molecule has 35 heavy (non-hydrogen) atoms. The number of hydrogen-bond donors (Lipinski definition) is 3. The number of benzene rings is 3. The van der Waals surface area contributed by atoms with Crippen LogP contribution in [0.4, 0.5) is 10.5 Å². The van der Waals surface area contributed by atoms with E-state index >= 15 is 0 Å². The molecule has 0 heterocycles. The average Bonchev–Trinajstić information content (AvgIpc) is 3.17.